The third kappa shape index (κ3) is 6.37. The molecule has 6 nitrogen and oxygen atoms in total. The van der Waals surface area contributed by atoms with Gasteiger partial charge in [-0.3, -0.25) is 9.48 Å². The van der Waals surface area contributed by atoms with Crippen molar-refractivity contribution in [1.29, 1.82) is 0 Å². The van der Waals surface area contributed by atoms with Crippen LogP contribution in [-0.4, -0.2) is 30.4 Å². The molecule has 7 heteroatoms. The second-order valence-corrected chi connectivity index (χ2v) is 10.9. The summed E-state index contributed by atoms with van der Waals surface area (Å²) in [6.45, 7) is 4.52. The summed E-state index contributed by atoms with van der Waals surface area (Å²) in [6.07, 6.45) is 6.39. The average Bonchev–Trinajstić information content (AvgIpc) is 3.26. The lowest BCUT2D eigenvalue weighted by molar-refractivity contribution is -0.117. The van der Waals surface area contributed by atoms with E-state index in [1.54, 1.807) is 30.3 Å². The molecule has 0 bridgehead atoms. The van der Waals surface area contributed by atoms with Gasteiger partial charge < -0.3 is 5.32 Å². The lowest BCUT2D eigenvalue weighted by atomic mass is 10.1. The Morgan fingerprint density at radius 1 is 1.00 bits per heavy atom. The van der Waals surface area contributed by atoms with Crippen molar-refractivity contribution in [2.24, 2.45) is 0 Å². The highest BCUT2D eigenvalue weighted by Crippen LogP contribution is 2.24. The number of hydrogen-bond acceptors (Lipinski definition) is 4. The predicted molar refractivity (Wildman–Crippen MR) is 143 cm³/mol. The smallest absolute Gasteiger partial charge is 0.244 e. The summed E-state index contributed by atoms with van der Waals surface area (Å²) in [4.78, 5) is 12.9. The molecule has 0 radical (unpaired) electrons. The maximum Gasteiger partial charge on any atom is 0.244 e. The number of nitrogens with zero attached hydrogens (tertiary/aromatic N) is 2. The lowest BCUT2D eigenvalue weighted by Gasteiger charge is -2.13. The number of aromatic nitrogens is 2. The minimum atomic E-state index is -3.26. The molecule has 184 valence electrons. The molecular formula is C29H29N3O3S. The fourth-order valence-electron chi connectivity index (χ4n) is 3.86. The standard InChI is InChI=1S/C29H29N3O3S/c1-21-9-11-25(12-10-21)29-26(20-32(31-29)19-23-7-5-4-6-8-23)15-18-28(33)30-22(2)24-13-16-27(17-14-24)36(3,34)35/h4-18,20,22H,19H2,1-3H3,(H,30,33)/b18-15+. The van der Waals surface area contributed by atoms with Crippen LogP contribution in [0, 0.1) is 6.92 Å². The molecule has 1 aromatic heterocycles. The van der Waals surface area contributed by atoms with Crippen LogP contribution in [0.5, 0.6) is 0 Å². The van der Waals surface area contributed by atoms with Gasteiger partial charge in [0.05, 0.1) is 23.2 Å². The van der Waals surface area contributed by atoms with Gasteiger partial charge in [-0.2, -0.15) is 5.10 Å². The molecule has 1 heterocycles. The Morgan fingerprint density at radius 3 is 2.31 bits per heavy atom. The number of benzene rings is 3. The van der Waals surface area contributed by atoms with Gasteiger partial charge in [-0.1, -0.05) is 72.3 Å². The first-order valence-electron chi connectivity index (χ1n) is 11.7. The number of carbonyl (C=O) groups is 1. The molecule has 4 aromatic rings. The van der Waals surface area contributed by atoms with Crippen LogP contribution in [0.15, 0.2) is 96.0 Å². The normalized spacial score (nSPS) is 12.5. The Balaban J connectivity index is 1.53. The van der Waals surface area contributed by atoms with E-state index in [9.17, 15) is 13.2 Å². The number of amides is 1. The van der Waals surface area contributed by atoms with Gasteiger partial charge in [-0.25, -0.2) is 8.42 Å². The van der Waals surface area contributed by atoms with Crippen molar-refractivity contribution in [2.45, 2.75) is 31.3 Å². The lowest BCUT2D eigenvalue weighted by Crippen LogP contribution is -2.24. The molecular weight excluding hydrogens is 470 g/mol. The van der Waals surface area contributed by atoms with Gasteiger partial charge in [-0.05, 0) is 43.2 Å². The molecule has 0 aliphatic heterocycles. The quantitative estimate of drug-likeness (QED) is 0.338. The first-order chi connectivity index (χ1) is 17.2. The third-order valence-electron chi connectivity index (χ3n) is 5.88. The highest BCUT2D eigenvalue weighted by Gasteiger charge is 2.13. The van der Waals surface area contributed by atoms with Crippen LogP contribution < -0.4 is 5.32 Å². The van der Waals surface area contributed by atoms with Crippen LogP contribution in [0.4, 0.5) is 0 Å². The minimum Gasteiger partial charge on any atom is -0.346 e. The number of aryl methyl sites for hydroxylation is 1. The number of carbonyl (C=O) groups excluding carboxylic acids is 1. The van der Waals surface area contributed by atoms with Crippen molar-refractivity contribution in [2.75, 3.05) is 6.26 Å². The average molecular weight is 500 g/mol. The first-order valence-corrected chi connectivity index (χ1v) is 13.6. The molecule has 0 spiro atoms. The maximum atomic E-state index is 12.7. The Hall–Kier alpha value is -3.97. The van der Waals surface area contributed by atoms with E-state index in [1.165, 1.54) is 12.3 Å². The molecule has 1 unspecified atom stereocenters. The summed E-state index contributed by atoms with van der Waals surface area (Å²) >= 11 is 0. The SMILES string of the molecule is Cc1ccc(-c2nn(Cc3ccccc3)cc2/C=C/C(=O)NC(C)c2ccc(S(C)(=O)=O)cc2)cc1. The summed E-state index contributed by atoms with van der Waals surface area (Å²) in [5, 5.41) is 7.74. The second kappa shape index (κ2) is 10.7. The summed E-state index contributed by atoms with van der Waals surface area (Å²) in [5.41, 5.74) is 5.75. The number of nitrogens with one attached hydrogen (secondary N) is 1. The van der Waals surface area contributed by atoms with Gasteiger partial charge >= 0.3 is 0 Å². The van der Waals surface area contributed by atoms with Gasteiger partial charge in [0.25, 0.3) is 0 Å². The molecule has 1 N–H and O–H groups in total. The maximum absolute atomic E-state index is 12.7. The molecule has 1 amide bonds. The van der Waals surface area contributed by atoms with E-state index in [0.717, 1.165) is 33.5 Å². The summed E-state index contributed by atoms with van der Waals surface area (Å²) in [7, 11) is -3.26. The molecule has 3 aromatic carbocycles. The largest absolute Gasteiger partial charge is 0.346 e. The topological polar surface area (TPSA) is 81.1 Å². The zero-order valence-electron chi connectivity index (χ0n) is 20.5. The van der Waals surface area contributed by atoms with E-state index < -0.39 is 9.84 Å². The van der Waals surface area contributed by atoms with E-state index in [2.05, 4.69) is 17.4 Å². The van der Waals surface area contributed by atoms with E-state index >= 15 is 0 Å². The zero-order chi connectivity index (χ0) is 25.7. The van der Waals surface area contributed by atoms with Crippen molar-refractivity contribution in [3.8, 4) is 11.3 Å². The van der Waals surface area contributed by atoms with Crippen molar-refractivity contribution >= 4 is 21.8 Å². The molecule has 0 saturated carbocycles. The van der Waals surface area contributed by atoms with Gasteiger partial charge in [0.1, 0.15) is 0 Å². The van der Waals surface area contributed by atoms with Gasteiger partial charge in [0.2, 0.25) is 5.91 Å². The van der Waals surface area contributed by atoms with E-state index in [-0.39, 0.29) is 16.8 Å². The minimum absolute atomic E-state index is 0.250. The van der Waals surface area contributed by atoms with E-state index in [1.807, 2.05) is 67.2 Å². The van der Waals surface area contributed by atoms with E-state index in [0.29, 0.717) is 6.54 Å². The Labute approximate surface area is 212 Å². The summed E-state index contributed by atoms with van der Waals surface area (Å²) < 4.78 is 25.2. The van der Waals surface area contributed by atoms with Gasteiger partial charge in [-0.15, -0.1) is 0 Å². The number of sulfone groups is 1. The number of hydrogen-bond donors (Lipinski definition) is 1. The third-order valence-corrected chi connectivity index (χ3v) is 7.01. The number of rotatable bonds is 8. The van der Waals surface area contributed by atoms with Crippen LogP contribution >= 0.6 is 0 Å². The van der Waals surface area contributed by atoms with E-state index in [4.69, 9.17) is 5.10 Å². The fraction of sp³-hybridized carbons (Fsp3) is 0.172. The first kappa shape index (κ1) is 25.1. The van der Waals surface area contributed by atoms with Crippen LogP contribution in [-0.2, 0) is 21.2 Å². The summed E-state index contributed by atoms with van der Waals surface area (Å²) in [5.74, 6) is -0.250. The van der Waals surface area contributed by atoms with Crippen molar-refractivity contribution in [3.63, 3.8) is 0 Å². The summed E-state index contributed by atoms with van der Waals surface area (Å²) in [6, 6.07) is 24.5. The molecule has 4 rings (SSSR count). The monoisotopic (exact) mass is 499 g/mol. The van der Waals surface area contributed by atoms with Crippen molar-refractivity contribution < 1.29 is 13.2 Å². The zero-order valence-corrected chi connectivity index (χ0v) is 21.4. The van der Waals surface area contributed by atoms with Crippen LogP contribution in [0.2, 0.25) is 0 Å². The predicted octanol–water partition coefficient (Wildman–Crippen LogP) is 5.20. The molecule has 0 saturated heterocycles. The molecule has 36 heavy (non-hydrogen) atoms. The van der Waals surface area contributed by atoms with Crippen LogP contribution in [0.1, 0.15) is 35.2 Å². The molecule has 0 aliphatic carbocycles. The fourth-order valence-corrected chi connectivity index (χ4v) is 4.49. The molecule has 0 aliphatic rings. The van der Waals surface area contributed by atoms with Gasteiger partial charge in [0, 0.05) is 29.7 Å². The molecule has 1 atom stereocenters. The molecule has 0 fully saturated rings. The highest BCUT2D eigenvalue weighted by molar-refractivity contribution is 7.90. The Morgan fingerprint density at radius 2 is 1.67 bits per heavy atom. The Bertz CT molecular complexity index is 1470. The van der Waals surface area contributed by atoms with Crippen LogP contribution in [0.3, 0.4) is 0 Å². The van der Waals surface area contributed by atoms with Crippen molar-refractivity contribution in [3.05, 3.63) is 113 Å². The van der Waals surface area contributed by atoms with Crippen LogP contribution in [0.25, 0.3) is 17.3 Å². The van der Waals surface area contributed by atoms with Crippen molar-refractivity contribution in [1.82, 2.24) is 15.1 Å². The highest BCUT2D eigenvalue weighted by atomic mass is 32.2. The second-order valence-electron chi connectivity index (χ2n) is 8.89. The van der Waals surface area contributed by atoms with Gasteiger partial charge in [0.15, 0.2) is 9.84 Å². The Kier molecular flexibility index (Phi) is 7.50.